The van der Waals surface area contributed by atoms with Crippen molar-refractivity contribution in [1.82, 2.24) is 9.97 Å². The molecule has 1 aromatic carbocycles. The lowest BCUT2D eigenvalue weighted by Crippen LogP contribution is -2.15. The van der Waals surface area contributed by atoms with Gasteiger partial charge in [0.05, 0.1) is 29.2 Å². The summed E-state index contributed by atoms with van der Waals surface area (Å²) >= 11 is 0. The van der Waals surface area contributed by atoms with Gasteiger partial charge in [0.1, 0.15) is 11.5 Å². The summed E-state index contributed by atoms with van der Waals surface area (Å²) in [5, 5.41) is 11.0. The van der Waals surface area contributed by atoms with E-state index in [1.807, 2.05) is 6.07 Å². The van der Waals surface area contributed by atoms with Gasteiger partial charge in [0, 0.05) is 6.20 Å². The molecule has 1 heterocycles. The first kappa shape index (κ1) is 12.6. The second-order valence-electron chi connectivity index (χ2n) is 3.80. The third kappa shape index (κ3) is 2.90. The summed E-state index contributed by atoms with van der Waals surface area (Å²) in [7, 11) is 0. The number of halogens is 1. The fourth-order valence-corrected chi connectivity index (χ4v) is 1.38. The second-order valence-corrected chi connectivity index (χ2v) is 3.80. The van der Waals surface area contributed by atoms with Gasteiger partial charge in [-0.3, -0.25) is 9.78 Å². The van der Waals surface area contributed by atoms with E-state index in [-0.39, 0.29) is 16.9 Å². The monoisotopic (exact) mass is 256 g/mol. The average Bonchev–Trinajstić information content (AvgIpc) is 2.41. The molecule has 5 nitrogen and oxygen atoms in total. The number of carbonyl (C=O) groups excluding carboxylic acids is 1. The first-order chi connectivity index (χ1) is 9.10. The molecular formula is C13H9FN4O. The van der Waals surface area contributed by atoms with Crippen molar-refractivity contribution in [2.24, 2.45) is 0 Å². The van der Waals surface area contributed by atoms with Gasteiger partial charge in [-0.05, 0) is 25.1 Å². The molecule has 0 saturated carbocycles. The predicted octanol–water partition coefficient (Wildman–Crippen LogP) is 2.05. The number of nitriles is 1. The molecule has 0 fully saturated rings. The minimum Gasteiger partial charge on any atom is -0.318 e. The molecule has 1 amide bonds. The standard InChI is InChI=1S/C13H9FN4O/c1-8-6-17-12(7-16-8)13(19)18-11-3-2-9(5-15)4-10(11)14/h2-4,6-7H,1H3,(H,18,19). The summed E-state index contributed by atoms with van der Waals surface area (Å²) in [5.41, 5.74) is 0.951. The largest absolute Gasteiger partial charge is 0.318 e. The molecule has 0 atom stereocenters. The van der Waals surface area contributed by atoms with Crippen molar-refractivity contribution >= 4 is 11.6 Å². The van der Waals surface area contributed by atoms with Gasteiger partial charge in [0.15, 0.2) is 0 Å². The van der Waals surface area contributed by atoms with Gasteiger partial charge in [-0.15, -0.1) is 0 Å². The summed E-state index contributed by atoms with van der Waals surface area (Å²) in [6.45, 7) is 1.75. The number of hydrogen-bond donors (Lipinski definition) is 1. The summed E-state index contributed by atoms with van der Waals surface area (Å²) in [6.07, 6.45) is 2.76. The molecule has 1 aromatic heterocycles. The Kier molecular flexibility index (Phi) is 3.48. The molecule has 0 saturated heterocycles. The van der Waals surface area contributed by atoms with Gasteiger partial charge in [-0.25, -0.2) is 9.37 Å². The fourth-order valence-electron chi connectivity index (χ4n) is 1.38. The van der Waals surface area contributed by atoms with Crippen LogP contribution in [0.4, 0.5) is 10.1 Å². The van der Waals surface area contributed by atoms with E-state index in [2.05, 4.69) is 15.3 Å². The Labute approximate surface area is 108 Å². The number of aryl methyl sites for hydroxylation is 1. The van der Waals surface area contributed by atoms with Crippen molar-refractivity contribution in [3.8, 4) is 6.07 Å². The van der Waals surface area contributed by atoms with Crippen LogP contribution in [0.1, 0.15) is 21.7 Å². The van der Waals surface area contributed by atoms with Crippen LogP contribution in [0.5, 0.6) is 0 Å². The minimum absolute atomic E-state index is 0.00799. The Bertz CT molecular complexity index is 661. The molecule has 0 aliphatic carbocycles. The Morgan fingerprint density at radius 3 is 2.74 bits per heavy atom. The molecule has 6 heteroatoms. The lowest BCUT2D eigenvalue weighted by atomic mass is 10.2. The minimum atomic E-state index is -0.674. The maximum atomic E-state index is 13.6. The highest BCUT2D eigenvalue weighted by atomic mass is 19.1. The molecular weight excluding hydrogens is 247 g/mol. The van der Waals surface area contributed by atoms with Crippen molar-refractivity contribution in [2.75, 3.05) is 5.32 Å². The van der Waals surface area contributed by atoms with Gasteiger partial charge in [-0.2, -0.15) is 5.26 Å². The maximum absolute atomic E-state index is 13.6. The summed E-state index contributed by atoms with van der Waals surface area (Å²) in [5.74, 6) is -1.23. The van der Waals surface area contributed by atoms with Gasteiger partial charge in [-0.1, -0.05) is 0 Å². The number of carbonyl (C=O) groups is 1. The Balaban J connectivity index is 2.20. The first-order valence-corrected chi connectivity index (χ1v) is 5.40. The first-order valence-electron chi connectivity index (χ1n) is 5.40. The highest BCUT2D eigenvalue weighted by Gasteiger charge is 2.11. The van der Waals surface area contributed by atoms with Gasteiger partial charge in [0.2, 0.25) is 0 Å². The van der Waals surface area contributed by atoms with Crippen LogP contribution in [-0.4, -0.2) is 15.9 Å². The number of hydrogen-bond acceptors (Lipinski definition) is 4. The third-order valence-corrected chi connectivity index (χ3v) is 2.36. The van der Waals surface area contributed by atoms with Crippen LogP contribution < -0.4 is 5.32 Å². The van der Waals surface area contributed by atoms with E-state index in [1.165, 1.54) is 24.5 Å². The second kappa shape index (κ2) is 5.23. The zero-order chi connectivity index (χ0) is 13.8. The van der Waals surface area contributed by atoms with Crippen LogP contribution in [0.3, 0.4) is 0 Å². The van der Waals surface area contributed by atoms with Crippen LogP contribution in [0, 0.1) is 24.1 Å². The smallest absolute Gasteiger partial charge is 0.275 e. The van der Waals surface area contributed by atoms with Crippen LogP contribution in [0.25, 0.3) is 0 Å². The van der Waals surface area contributed by atoms with E-state index in [0.717, 1.165) is 6.07 Å². The number of amides is 1. The van der Waals surface area contributed by atoms with Crippen molar-refractivity contribution in [2.45, 2.75) is 6.92 Å². The Morgan fingerprint density at radius 2 is 2.16 bits per heavy atom. The molecule has 0 bridgehead atoms. The van der Waals surface area contributed by atoms with Crippen LogP contribution in [0.2, 0.25) is 0 Å². The zero-order valence-electron chi connectivity index (χ0n) is 10.0. The quantitative estimate of drug-likeness (QED) is 0.891. The summed E-state index contributed by atoms with van der Waals surface area (Å²) in [4.78, 5) is 19.6. The molecule has 0 unspecified atom stereocenters. The van der Waals surface area contributed by atoms with Crippen molar-refractivity contribution < 1.29 is 9.18 Å². The molecule has 0 aliphatic rings. The van der Waals surface area contributed by atoms with Crippen LogP contribution in [-0.2, 0) is 0 Å². The van der Waals surface area contributed by atoms with Gasteiger partial charge in [0.25, 0.3) is 5.91 Å². The van der Waals surface area contributed by atoms with E-state index in [0.29, 0.717) is 5.69 Å². The predicted molar refractivity (Wildman–Crippen MR) is 65.8 cm³/mol. The van der Waals surface area contributed by atoms with Gasteiger partial charge >= 0.3 is 0 Å². The zero-order valence-corrected chi connectivity index (χ0v) is 10.0. The van der Waals surface area contributed by atoms with E-state index >= 15 is 0 Å². The van der Waals surface area contributed by atoms with Crippen LogP contribution >= 0.6 is 0 Å². The lowest BCUT2D eigenvalue weighted by Gasteiger charge is -2.05. The highest BCUT2D eigenvalue weighted by Crippen LogP contribution is 2.16. The number of nitrogens with one attached hydrogen (secondary N) is 1. The van der Waals surface area contributed by atoms with Crippen molar-refractivity contribution in [3.63, 3.8) is 0 Å². The van der Waals surface area contributed by atoms with Crippen molar-refractivity contribution in [3.05, 3.63) is 53.4 Å². The Morgan fingerprint density at radius 1 is 1.37 bits per heavy atom. The molecule has 19 heavy (non-hydrogen) atoms. The number of aromatic nitrogens is 2. The number of rotatable bonds is 2. The molecule has 0 radical (unpaired) electrons. The lowest BCUT2D eigenvalue weighted by molar-refractivity contribution is 0.102. The number of anilines is 1. The molecule has 2 aromatic rings. The van der Waals surface area contributed by atoms with E-state index in [1.54, 1.807) is 6.92 Å². The normalized spacial score (nSPS) is 9.74. The molecule has 2 rings (SSSR count). The van der Waals surface area contributed by atoms with E-state index in [4.69, 9.17) is 5.26 Å². The fraction of sp³-hybridized carbons (Fsp3) is 0.0769. The molecule has 94 valence electrons. The number of nitrogens with zero attached hydrogens (tertiary/aromatic N) is 3. The Hall–Kier alpha value is -2.81. The van der Waals surface area contributed by atoms with Crippen LogP contribution in [0.15, 0.2) is 30.6 Å². The van der Waals surface area contributed by atoms with E-state index in [9.17, 15) is 9.18 Å². The molecule has 0 spiro atoms. The summed E-state index contributed by atoms with van der Waals surface area (Å²) in [6, 6.07) is 5.61. The van der Waals surface area contributed by atoms with E-state index < -0.39 is 11.7 Å². The van der Waals surface area contributed by atoms with Crippen molar-refractivity contribution in [1.29, 1.82) is 5.26 Å². The SMILES string of the molecule is Cc1cnc(C(=O)Nc2ccc(C#N)cc2F)cn1. The maximum Gasteiger partial charge on any atom is 0.275 e. The molecule has 1 N–H and O–H groups in total. The van der Waals surface area contributed by atoms with Gasteiger partial charge < -0.3 is 5.32 Å². The third-order valence-electron chi connectivity index (χ3n) is 2.36. The summed E-state index contributed by atoms with van der Waals surface area (Å²) < 4.78 is 13.6. The molecule has 0 aliphatic heterocycles. The average molecular weight is 256 g/mol. The highest BCUT2D eigenvalue weighted by molar-refractivity contribution is 6.02. The topological polar surface area (TPSA) is 78.7 Å². The number of benzene rings is 1.